The molecule has 1 amide bonds. The second kappa shape index (κ2) is 4.74. The van der Waals surface area contributed by atoms with Crippen molar-refractivity contribution in [3.63, 3.8) is 0 Å². The molecule has 0 aromatic carbocycles. The summed E-state index contributed by atoms with van der Waals surface area (Å²) in [6, 6.07) is -0.0264. The predicted octanol–water partition coefficient (Wildman–Crippen LogP) is 1.66. The molecule has 2 saturated carbocycles. The van der Waals surface area contributed by atoms with E-state index in [4.69, 9.17) is 5.73 Å². The van der Waals surface area contributed by atoms with E-state index in [-0.39, 0.29) is 11.9 Å². The van der Waals surface area contributed by atoms with Crippen LogP contribution in [0.25, 0.3) is 0 Å². The number of carbonyl (C=O) groups is 1. The van der Waals surface area contributed by atoms with Gasteiger partial charge in [0.05, 0.1) is 6.04 Å². The summed E-state index contributed by atoms with van der Waals surface area (Å²) in [7, 11) is 0. The van der Waals surface area contributed by atoms with Gasteiger partial charge < -0.3 is 11.1 Å². The summed E-state index contributed by atoms with van der Waals surface area (Å²) in [4.78, 5) is 11.7. The maximum atomic E-state index is 11.7. The highest BCUT2D eigenvalue weighted by Crippen LogP contribution is 2.49. The van der Waals surface area contributed by atoms with Crippen LogP contribution >= 0.6 is 0 Å². The van der Waals surface area contributed by atoms with Crippen molar-refractivity contribution in [2.75, 3.05) is 0 Å². The lowest BCUT2D eigenvalue weighted by Crippen LogP contribution is -2.47. The van der Waals surface area contributed by atoms with E-state index in [1.165, 1.54) is 25.7 Å². The van der Waals surface area contributed by atoms with E-state index in [9.17, 15) is 4.79 Å². The average molecular weight is 224 g/mol. The van der Waals surface area contributed by atoms with Crippen molar-refractivity contribution < 1.29 is 4.79 Å². The molecule has 0 aromatic rings. The highest BCUT2D eigenvalue weighted by atomic mass is 16.2. The SMILES string of the molecule is CC[C@@H](N)C(=O)NC(C)C1CC2CCC1C2. The molecule has 0 saturated heterocycles. The second-order valence-corrected chi connectivity index (χ2v) is 5.65. The number of nitrogens with one attached hydrogen (secondary N) is 1. The van der Waals surface area contributed by atoms with Gasteiger partial charge in [-0.1, -0.05) is 13.3 Å². The van der Waals surface area contributed by atoms with Crippen molar-refractivity contribution in [3.05, 3.63) is 0 Å². The van der Waals surface area contributed by atoms with Gasteiger partial charge in [-0.25, -0.2) is 0 Å². The summed E-state index contributed by atoms with van der Waals surface area (Å²) in [6.45, 7) is 4.10. The van der Waals surface area contributed by atoms with Gasteiger partial charge >= 0.3 is 0 Å². The lowest BCUT2D eigenvalue weighted by atomic mass is 9.84. The van der Waals surface area contributed by atoms with Crippen molar-refractivity contribution >= 4 is 5.91 Å². The Bertz CT molecular complexity index is 267. The van der Waals surface area contributed by atoms with E-state index in [1.54, 1.807) is 0 Å². The summed E-state index contributed by atoms with van der Waals surface area (Å²) in [5, 5.41) is 3.09. The van der Waals surface area contributed by atoms with E-state index in [2.05, 4.69) is 12.2 Å². The molecule has 0 radical (unpaired) electrons. The van der Waals surface area contributed by atoms with Gasteiger partial charge in [-0.15, -0.1) is 0 Å². The Hall–Kier alpha value is -0.570. The fourth-order valence-electron chi connectivity index (χ4n) is 3.53. The molecule has 4 unspecified atom stereocenters. The molecule has 2 bridgehead atoms. The highest BCUT2D eigenvalue weighted by Gasteiger charge is 2.42. The smallest absolute Gasteiger partial charge is 0.237 e. The number of hydrogen-bond acceptors (Lipinski definition) is 2. The molecule has 5 atom stereocenters. The lowest BCUT2D eigenvalue weighted by Gasteiger charge is -2.29. The quantitative estimate of drug-likeness (QED) is 0.763. The maximum absolute atomic E-state index is 11.7. The van der Waals surface area contributed by atoms with Gasteiger partial charge in [-0.05, 0) is 50.4 Å². The van der Waals surface area contributed by atoms with Crippen molar-refractivity contribution in [3.8, 4) is 0 Å². The normalized spacial score (nSPS) is 36.1. The number of fused-ring (bicyclic) bond motifs is 2. The van der Waals surface area contributed by atoms with Gasteiger partial charge in [0.1, 0.15) is 0 Å². The maximum Gasteiger partial charge on any atom is 0.237 e. The Kier molecular flexibility index (Phi) is 3.53. The molecule has 0 heterocycles. The number of nitrogens with two attached hydrogens (primary N) is 1. The molecule has 92 valence electrons. The molecular formula is C13H24N2O. The molecule has 0 aromatic heterocycles. The Morgan fingerprint density at radius 1 is 1.44 bits per heavy atom. The van der Waals surface area contributed by atoms with Crippen LogP contribution in [-0.4, -0.2) is 18.0 Å². The van der Waals surface area contributed by atoms with Crippen LogP contribution in [0, 0.1) is 17.8 Å². The van der Waals surface area contributed by atoms with Crippen LogP contribution in [0.4, 0.5) is 0 Å². The second-order valence-electron chi connectivity index (χ2n) is 5.65. The first kappa shape index (κ1) is 11.9. The van der Waals surface area contributed by atoms with Gasteiger partial charge in [0.15, 0.2) is 0 Å². The lowest BCUT2D eigenvalue weighted by molar-refractivity contribution is -0.123. The summed E-state index contributed by atoms with van der Waals surface area (Å²) in [6.07, 6.45) is 6.21. The fourth-order valence-corrected chi connectivity index (χ4v) is 3.53. The van der Waals surface area contributed by atoms with E-state index >= 15 is 0 Å². The highest BCUT2D eigenvalue weighted by molar-refractivity contribution is 5.81. The Labute approximate surface area is 98.2 Å². The first-order valence-electron chi connectivity index (χ1n) is 6.67. The summed E-state index contributed by atoms with van der Waals surface area (Å²) in [5.74, 6) is 2.52. The van der Waals surface area contributed by atoms with Gasteiger partial charge in [-0.2, -0.15) is 0 Å². The van der Waals surface area contributed by atoms with Crippen molar-refractivity contribution in [2.24, 2.45) is 23.5 Å². The van der Waals surface area contributed by atoms with Crippen LogP contribution < -0.4 is 11.1 Å². The van der Waals surface area contributed by atoms with Crippen LogP contribution in [0.2, 0.25) is 0 Å². The minimum atomic E-state index is -0.332. The third-order valence-electron chi connectivity index (χ3n) is 4.58. The first-order chi connectivity index (χ1) is 7.61. The van der Waals surface area contributed by atoms with E-state index in [0.717, 1.165) is 18.3 Å². The molecule has 3 nitrogen and oxygen atoms in total. The van der Waals surface area contributed by atoms with Gasteiger partial charge in [0, 0.05) is 6.04 Å². The summed E-state index contributed by atoms with van der Waals surface area (Å²) < 4.78 is 0. The topological polar surface area (TPSA) is 55.1 Å². The zero-order valence-electron chi connectivity index (χ0n) is 10.4. The van der Waals surface area contributed by atoms with Crippen LogP contribution in [0.3, 0.4) is 0 Å². The molecule has 2 aliphatic carbocycles. The molecule has 3 N–H and O–H groups in total. The molecule has 2 fully saturated rings. The third-order valence-corrected chi connectivity index (χ3v) is 4.58. The predicted molar refractivity (Wildman–Crippen MR) is 64.8 cm³/mol. The number of carbonyl (C=O) groups excluding carboxylic acids is 1. The molecule has 0 aliphatic heterocycles. The molecule has 16 heavy (non-hydrogen) atoms. The van der Waals surface area contributed by atoms with Crippen LogP contribution in [0.5, 0.6) is 0 Å². The van der Waals surface area contributed by atoms with Gasteiger partial charge in [-0.3, -0.25) is 4.79 Å². The Balaban J connectivity index is 1.84. The zero-order chi connectivity index (χ0) is 11.7. The standard InChI is InChI=1S/C13H24N2O/c1-3-12(14)13(16)15-8(2)11-7-9-4-5-10(11)6-9/h8-12H,3-7,14H2,1-2H3,(H,15,16)/t8?,9?,10?,11?,12-/m1/s1. The summed E-state index contributed by atoms with van der Waals surface area (Å²) >= 11 is 0. The Morgan fingerprint density at radius 3 is 2.69 bits per heavy atom. The molecular weight excluding hydrogens is 200 g/mol. The minimum absolute atomic E-state index is 0.0257. The number of rotatable bonds is 4. The van der Waals surface area contributed by atoms with Gasteiger partial charge in [0.2, 0.25) is 5.91 Å². The first-order valence-corrected chi connectivity index (χ1v) is 6.67. The Morgan fingerprint density at radius 2 is 2.19 bits per heavy atom. The number of hydrogen-bond donors (Lipinski definition) is 2. The van der Waals surface area contributed by atoms with Crippen LogP contribution in [0.1, 0.15) is 46.0 Å². The van der Waals surface area contributed by atoms with Gasteiger partial charge in [0.25, 0.3) is 0 Å². The largest absolute Gasteiger partial charge is 0.352 e. The molecule has 2 rings (SSSR count). The van der Waals surface area contributed by atoms with E-state index in [1.807, 2.05) is 6.92 Å². The summed E-state index contributed by atoms with van der Waals surface area (Å²) in [5.41, 5.74) is 5.73. The minimum Gasteiger partial charge on any atom is -0.352 e. The van der Waals surface area contributed by atoms with Crippen LogP contribution in [-0.2, 0) is 4.79 Å². The van der Waals surface area contributed by atoms with Crippen molar-refractivity contribution in [2.45, 2.75) is 58.0 Å². The molecule has 2 aliphatic rings. The molecule has 0 spiro atoms. The molecule has 3 heteroatoms. The van der Waals surface area contributed by atoms with E-state index in [0.29, 0.717) is 12.0 Å². The third kappa shape index (κ3) is 2.24. The number of amides is 1. The zero-order valence-corrected chi connectivity index (χ0v) is 10.4. The monoisotopic (exact) mass is 224 g/mol. The van der Waals surface area contributed by atoms with Crippen molar-refractivity contribution in [1.29, 1.82) is 0 Å². The van der Waals surface area contributed by atoms with Crippen LogP contribution in [0.15, 0.2) is 0 Å². The average Bonchev–Trinajstić information content (AvgIpc) is 2.89. The van der Waals surface area contributed by atoms with E-state index < -0.39 is 0 Å². The fraction of sp³-hybridized carbons (Fsp3) is 0.923. The van der Waals surface area contributed by atoms with Crippen molar-refractivity contribution in [1.82, 2.24) is 5.32 Å².